The smallest absolute Gasteiger partial charge is 0.270 e. The Kier molecular flexibility index (Phi) is 5.10. The van der Waals surface area contributed by atoms with Gasteiger partial charge in [-0.3, -0.25) is 4.79 Å². The van der Waals surface area contributed by atoms with Crippen molar-refractivity contribution in [3.8, 4) is 16.9 Å². The van der Waals surface area contributed by atoms with Gasteiger partial charge in [0.2, 0.25) is 0 Å². The highest BCUT2D eigenvalue weighted by molar-refractivity contribution is 5.99. The fourth-order valence-corrected chi connectivity index (χ4v) is 5.24. The van der Waals surface area contributed by atoms with Gasteiger partial charge in [-0.2, -0.15) is 0 Å². The number of para-hydroxylation sites is 1. The number of carbonyl (C=O) groups is 1. The number of rotatable bonds is 3. The molecule has 1 amide bonds. The monoisotopic (exact) mass is 464 g/mol. The van der Waals surface area contributed by atoms with Crippen molar-refractivity contribution in [1.82, 2.24) is 19.4 Å². The molecular formula is C29H28N4O2. The van der Waals surface area contributed by atoms with Gasteiger partial charge in [-0.25, -0.2) is 4.98 Å². The number of nitrogens with zero attached hydrogens (tertiary/aromatic N) is 3. The van der Waals surface area contributed by atoms with Crippen LogP contribution < -0.4 is 4.74 Å². The highest BCUT2D eigenvalue weighted by atomic mass is 16.5. The van der Waals surface area contributed by atoms with Gasteiger partial charge >= 0.3 is 0 Å². The lowest BCUT2D eigenvalue weighted by Crippen LogP contribution is -2.33. The second kappa shape index (κ2) is 8.31. The van der Waals surface area contributed by atoms with E-state index in [1.54, 1.807) is 0 Å². The molecule has 176 valence electrons. The summed E-state index contributed by atoms with van der Waals surface area (Å²) in [4.78, 5) is 23.5. The van der Waals surface area contributed by atoms with Crippen LogP contribution in [0.5, 0.6) is 5.75 Å². The first-order valence-electron chi connectivity index (χ1n) is 12.1. The Morgan fingerprint density at radius 3 is 2.74 bits per heavy atom. The molecule has 6 nitrogen and oxygen atoms in total. The Bertz CT molecular complexity index is 1590. The summed E-state index contributed by atoms with van der Waals surface area (Å²) in [6.45, 7) is 8.43. The molecule has 5 aromatic rings. The van der Waals surface area contributed by atoms with Gasteiger partial charge in [0, 0.05) is 24.0 Å². The van der Waals surface area contributed by atoms with Crippen LogP contribution >= 0.6 is 0 Å². The van der Waals surface area contributed by atoms with E-state index >= 15 is 0 Å². The van der Waals surface area contributed by atoms with E-state index in [9.17, 15) is 4.79 Å². The minimum absolute atomic E-state index is 0.0404. The Morgan fingerprint density at radius 2 is 1.89 bits per heavy atom. The summed E-state index contributed by atoms with van der Waals surface area (Å²) < 4.78 is 8.18. The minimum atomic E-state index is 0.0404. The third-order valence-corrected chi connectivity index (χ3v) is 6.92. The van der Waals surface area contributed by atoms with Crippen LogP contribution in [0, 0.1) is 13.8 Å². The maximum absolute atomic E-state index is 13.8. The molecule has 0 fully saturated rings. The number of hydrogen-bond donors (Lipinski definition) is 1. The molecule has 35 heavy (non-hydrogen) atoms. The number of aryl methyl sites for hydroxylation is 3. The van der Waals surface area contributed by atoms with Crippen molar-refractivity contribution in [2.45, 2.75) is 33.9 Å². The molecule has 1 N–H and O–H groups in total. The summed E-state index contributed by atoms with van der Waals surface area (Å²) in [7, 11) is 0. The molecule has 3 heterocycles. The fraction of sp³-hybridized carbons (Fsp3) is 0.241. The number of imidazole rings is 1. The largest absolute Gasteiger partial charge is 0.491 e. The first kappa shape index (κ1) is 21.5. The predicted molar refractivity (Wildman–Crippen MR) is 139 cm³/mol. The lowest BCUT2D eigenvalue weighted by molar-refractivity contribution is 0.0723. The van der Waals surface area contributed by atoms with Crippen molar-refractivity contribution in [3.05, 3.63) is 83.3 Å². The number of benzene rings is 3. The fourth-order valence-electron chi connectivity index (χ4n) is 5.24. The Labute approximate surface area is 204 Å². The molecule has 0 atom stereocenters. The van der Waals surface area contributed by atoms with Crippen LogP contribution in [-0.4, -0.2) is 38.5 Å². The van der Waals surface area contributed by atoms with Crippen molar-refractivity contribution in [3.63, 3.8) is 0 Å². The summed E-state index contributed by atoms with van der Waals surface area (Å²) >= 11 is 0. The van der Waals surface area contributed by atoms with Crippen LogP contribution in [0.4, 0.5) is 0 Å². The van der Waals surface area contributed by atoms with E-state index in [1.807, 2.05) is 36.1 Å². The van der Waals surface area contributed by atoms with Crippen molar-refractivity contribution in [2.24, 2.45) is 0 Å². The molecule has 2 aromatic heterocycles. The van der Waals surface area contributed by atoms with Crippen LogP contribution in [0.1, 0.15) is 34.4 Å². The summed E-state index contributed by atoms with van der Waals surface area (Å²) in [6, 6.07) is 20.8. The average molecular weight is 465 g/mol. The van der Waals surface area contributed by atoms with E-state index < -0.39 is 0 Å². The standard InChI is InChI=1S/C29H28N4O2/c1-4-33-26(16-22-7-5-6-18(2)28(22)33)29(34)32-12-13-35-27-11-9-20(14-23(27)17-32)21-8-10-24-25(15-21)31-19(3)30-24/h5-11,14-16H,4,12-13,17H2,1-3H3,(H,30,31). The Morgan fingerprint density at radius 1 is 1.06 bits per heavy atom. The van der Waals surface area contributed by atoms with Crippen LogP contribution in [0.2, 0.25) is 0 Å². The molecule has 3 aromatic carbocycles. The van der Waals surface area contributed by atoms with Crippen LogP contribution in [-0.2, 0) is 13.1 Å². The number of ether oxygens (including phenoxy) is 1. The quantitative estimate of drug-likeness (QED) is 0.364. The molecule has 6 heteroatoms. The van der Waals surface area contributed by atoms with E-state index in [2.05, 4.69) is 64.8 Å². The molecule has 0 saturated carbocycles. The molecule has 0 aliphatic carbocycles. The van der Waals surface area contributed by atoms with Crippen LogP contribution in [0.25, 0.3) is 33.1 Å². The van der Waals surface area contributed by atoms with Crippen molar-refractivity contribution >= 4 is 27.8 Å². The highest BCUT2D eigenvalue weighted by Gasteiger charge is 2.25. The average Bonchev–Trinajstić information content (AvgIpc) is 3.35. The molecule has 0 saturated heterocycles. The second-order valence-electron chi connectivity index (χ2n) is 9.24. The van der Waals surface area contributed by atoms with Gasteiger partial charge in [-0.1, -0.05) is 30.3 Å². The summed E-state index contributed by atoms with van der Waals surface area (Å²) in [6.07, 6.45) is 0. The van der Waals surface area contributed by atoms with Crippen molar-refractivity contribution in [1.29, 1.82) is 0 Å². The number of amides is 1. The number of hydrogen-bond acceptors (Lipinski definition) is 3. The number of H-pyrrole nitrogens is 1. The van der Waals surface area contributed by atoms with Gasteiger partial charge in [0.1, 0.15) is 23.9 Å². The third kappa shape index (κ3) is 3.66. The van der Waals surface area contributed by atoms with Gasteiger partial charge in [-0.15, -0.1) is 0 Å². The van der Waals surface area contributed by atoms with Crippen LogP contribution in [0.3, 0.4) is 0 Å². The number of nitrogens with one attached hydrogen (secondary N) is 1. The van der Waals surface area contributed by atoms with E-state index in [4.69, 9.17) is 4.74 Å². The lowest BCUT2D eigenvalue weighted by atomic mass is 10.0. The highest BCUT2D eigenvalue weighted by Crippen LogP contribution is 2.32. The lowest BCUT2D eigenvalue weighted by Gasteiger charge is -2.21. The van der Waals surface area contributed by atoms with E-state index in [-0.39, 0.29) is 5.91 Å². The zero-order valence-electron chi connectivity index (χ0n) is 20.3. The number of aromatic nitrogens is 3. The zero-order valence-corrected chi connectivity index (χ0v) is 20.3. The van der Waals surface area contributed by atoms with Gasteiger partial charge in [0.05, 0.1) is 23.1 Å². The zero-order chi connectivity index (χ0) is 24.1. The summed E-state index contributed by atoms with van der Waals surface area (Å²) in [5.41, 5.74) is 8.25. The Balaban J connectivity index is 1.35. The predicted octanol–water partition coefficient (Wildman–Crippen LogP) is 5.86. The maximum Gasteiger partial charge on any atom is 0.270 e. The maximum atomic E-state index is 13.8. The SMILES string of the molecule is CCn1c(C(=O)N2CCOc3ccc(-c4ccc5nc(C)[nH]c5c4)cc3C2)cc2cccc(C)c21. The normalized spacial score (nSPS) is 13.6. The van der Waals surface area contributed by atoms with Gasteiger partial charge < -0.3 is 19.2 Å². The van der Waals surface area contributed by atoms with Crippen molar-refractivity contribution in [2.75, 3.05) is 13.2 Å². The summed E-state index contributed by atoms with van der Waals surface area (Å²) in [5.74, 6) is 1.79. The first-order valence-corrected chi connectivity index (χ1v) is 12.1. The minimum Gasteiger partial charge on any atom is -0.491 e. The van der Waals surface area contributed by atoms with Gasteiger partial charge in [-0.05, 0) is 67.8 Å². The van der Waals surface area contributed by atoms with E-state index in [0.29, 0.717) is 19.7 Å². The topological polar surface area (TPSA) is 63.1 Å². The molecule has 0 unspecified atom stereocenters. The third-order valence-electron chi connectivity index (χ3n) is 6.92. The van der Waals surface area contributed by atoms with Crippen LogP contribution in [0.15, 0.2) is 60.7 Å². The molecular weight excluding hydrogens is 436 g/mol. The van der Waals surface area contributed by atoms with Gasteiger partial charge in [0.25, 0.3) is 5.91 Å². The molecule has 1 aliphatic heterocycles. The number of aromatic amines is 1. The van der Waals surface area contributed by atoms with Crippen molar-refractivity contribution < 1.29 is 9.53 Å². The molecule has 1 aliphatic rings. The molecule has 6 rings (SSSR count). The second-order valence-corrected chi connectivity index (χ2v) is 9.24. The van der Waals surface area contributed by atoms with E-state index in [1.165, 1.54) is 5.56 Å². The Hall–Kier alpha value is -4.06. The number of fused-ring (bicyclic) bond motifs is 3. The summed E-state index contributed by atoms with van der Waals surface area (Å²) in [5, 5.41) is 1.10. The van der Waals surface area contributed by atoms with E-state index in [0.717, 1.165) is 62.4 Å². The van der Waals surface area contributed by atoms with Gasteiger partial charge in [0.15, 0.2) is 0 Å². The molecule has 0 radical (unpaired) electrons. The molecule has 0 bridgehead atoms. The first-order chi connectivity index (χ1) is 17.0. The molecule has 0 spiro atoms. The number of carbonyl (C=O) groups excluding carboxylic acids is 1.